The quantitative estimate of drug-likeness (QED) is 0.351. The van der Waals surface area contributed by atoms with E-state index in [4.69, 9.17) is 14.2 Å². The Hall–Kier alpha value is -2.59. The molecule has 0 saturated carbocycles. The maximum Gasteiger partial charge on any atom is 0.277 e. The second kappa shape index (κ2) is 11.7. The highest BCUT2D eigenvalue weighted by atomic mass is 79.9. The van der Waals surface area contributed by atoms with Crippen LogP contribution in [0.15, 0.2) is 44.4 Å². The molecule has 0 aliphatic heterocycles. The molecule has 0 bridgehead atoms. The first kappa shape index (κ1) is 24.7. The Morgan fingerprint density at radius 3 is 2.42 bits per heavy atom. The molecule has 0 atom stereocenters. The summed E-state index contributed by atoms with van der Waals surface area (Å²) in [6, 6.07) is 8.73. The number of carbonyl (C=O) groups excluding carboxylic acids is 2. The van der Waals surface area contributed by atoms with Crippen molar-refractivity contribution in [2.24, 2.45) is 5.10 Å². The average Bonchev–Trinajstić information content (AvgIpc) is 2.74. The van der Waals surface area contributed by atoms with E-state index in [1.54, 1.807) is 32.2 Å². The van der Waals surface area contributed by atoms with Crippen LogP contribution >= 0.6 is 31.9 Å². The zero-order valence-electron chi connectivity index (χ0n) is 17.5. The Bertz CT molecular complexity index is 995. The summed E-state index contributed by atoms with van der Waals surface area (Å²) < 4.78 is 17.6. The highest BCUT2D eigenvalue weighted by Crippen LogP contribution is 2.31. The van der Waals surface area contributed by atoms with Gasteiger partial charge in [0, 0.05) is 16.3 Å². The Morgan fingerprint density at radius 2 is 1.74 bits per heavy atom. The van der Waals surface area contributed by atoms with Gasteiger partial charge < -0.3 is 19.5 Å². The molecule has 10 heteroatoms. The van der Waals surface area contributed by atoms with E-state index in [9.17, 15) is 9.59 Å². The van der Waals surface area contributed by atoms with Crippen molar-refractivity contribution < 1.29 is 23.8 Å². The Labute approximate surface area is 197 Å². The minimum atomic E-state index is -0.441. The van der Waals surface area contributed by atoms with Gasteiger partial charge in [-0.25, -0.2) is 5.43 Å². The molecule has 0 aromatic heterocycles. The monoisotopic (exact) mass is 555 g/mol. The number of carbonyl (C=O) groups is 2. The van der Waals surface area contributed by atoms with Crippen LogP contribution in [0.2, 0.25) is 0 Å². The second-order valence-electron chi connectivity index (χ2n) is 6.49. The summed E-state index contributed by atoms with van der Waals surface area (Å²) in [4.78, 5) is 24.3. The van der Waals surface area contributed by atoms with Crippen LogP contribution in [-0.2, 0) is 9.59 Å². The summed E-state index contributed by atoms with van der Waals surface area (Å²) in [5, 5.41) is 6.70. The SMILES string of the molecule is COc1ccc(NC(=O)C/C(C)=N\NC(=O)COc2cc(C)c(Br)cc2Br)c(OC)c1. The number of rotatable bonds is 9. The topological polar surface area (TPSA) is 98.2 Å². The largest absolute Gasteiger partial charge is 0.497 e. The normalized spacial score (nSPS) is 11.0. The highest BCUT2D eigenvalue weighted by molar-refractivity contribution is 9.11. The van der Waals surface area contributed by atoms with Gasteiger partial charge >= 0.3 is 0 Å². The molecule has 2 rings (SSSR count). The van der Waals surface area contributed by atoms with E-state index >= 15 is 0 Å². The number of nitrogens with zero attached hydrogens (tertiary/aromatic N) is 1. The minimum Gasteiger partial charge on any atom is -0.497 e. The third-order valence-electron chi connectivity index (χ3n) is 4.04. The summed E-state index contributed by atoms with van der Waals surface area (Å²) in [6.45, 7) is 3.34. The van der Waals surface area contributed by atoms with Crippen LogP contribution in [0.25, 0.3) is 0 Å². The van der Waals surface area contributed by atoms with E-state index in [0.717, 1.165) is 14.5 Å². The van der Waals surface area contributed by atoms with Crippen molar-refractivity contribution in [3.8, 4) is 17.2 Å². The van der Waals surface area contributed by atoms with Crippen LogP contribution in [0.5, 0.6) is 17.2 Å². The van der Waals surface area contributed by atoms with Crippen molar-refractivity contribution in [3.05, 3.63) is 44.8 Å². The molecule has 0 aliphatic carbocycles. The van der Waals surface area contributed by atoms with Crippen molar-refractivity contribution in [2.45, 2.75) is 20.3 Å². The number of halogens is 2. The standard InChI is InChI=1S/C21H23Br2N3O5/c1-12-7-18(16(23)10-15(12)22)31-11-21(28)26-25-13(2)8-20(27)24-17-6-5-14(29-3)9-19(17)30-4/h5-7,9-10H,8,11H2,1-4H3,(H,24,27)(H,26,28)/b25-13-. The molecular weight excluding hydrogens is 534 g/mol. The predicted octanol–water partition coefficient (Wildman–Crippen LogP) is 4.44. The lowest BCUT2D eigenvalue weighted by atomic mass is 10.2. The van der Waals surface area contributed by atoms with Gasteiger partial charge in [-0.3, -0.25) is 9.59 Å². The number of methoxy groups -OCH3 is 2. The number of hydrogen-bond donors (Lipinski definition) is 2. The lowest BCUT2D eigenvalue weighted by Crippen LogP contribution is -2.26. The number of amides is 2. The number of aryl methyl sites for hydroxylation is 1. The Balaban J connectivity index is 1.86. The van der Waals surface area contributed by atoms with Gasteiger partial charge in [-0.2, -0.15) is 5.10 Å². The van der Waals surface area contributed by atoms with Crippen LogP contribution in [0.3, 0.4) is 0 Å². The van der Waals surface area contributed by atoms with Gasteiger partial charge in [0.15, 0.2) is 6.61 Å². The first-order chi connectivity index (χ1) is 14.7. The van der Waals surface area contributed by atoms with Crippen LogP contribution in [0, 0.1) is 6.92 Å². The third kappa shape index (κ3) is 7.55. The van der Waals surface area contributed by atoms with Gasteiger partial charge in [-0.1, -0.05) is 15.9 Å². The highest BCUT2D eigenvalue weighted by Gasteiger charge is 2.11. The fourth-order valence-electron chi connectivity index (χ4n) is 2.44. The fourth-order valence-corrected chi connectivity index (χ4v) is 3.55. The molecule has 2 aromatic rings. The molecule has 2 amide bonds. The van der Waals surface area contributed by atoms with E-state index < -0.39 is 5.91 Å². The van der Waals surface area contributed by atoms with Gasteiger partial charge in [-0.15, -0.1) is 0 Å². The molecule has 166 valence electrons. The van der Waals surface area contributed by atoms with E-state index in [2.05, 4.69) is 47.7 Å². The first-order valence-electron chi connectivity index (χ1n) is 9.15. The summed E-state index contributed by atoms with van der Waals surface area (Å²) >= 11 is 6.82. The van der Waals surface area contributed by atoms with Gasteiger partial charge in [-0.05, 0) is 59.6 Å². The van der Waals surface area contributed by atoms with E-state index in [-0.39, 0.29) is 18.9 Å². The maximum absolute atomic E-state index is 12.3. The molecule has 0 spiro atoms. The third-order valence-corrected chi connectivity index (χ3v) is 5.52. The zero-order chi connectivity index (χ0) is 23.0. The predicted molar refractivity (Wildman–Crippen MR) is 126 cm³/mol. The molecular formula is C21H23Br2N3O5. The van der Waals surface area contributed by atoms with Gasteiger partial charge in [0.05, 0.1) is 30.8 Å². The number of hydrogen-bond acceptors (Lipinski definition) is 6. The zero-order valence-corrected chi connectivity index (χ0v) is 20.7. The van der Waals surface area contributed by atoms with Crippen molar-refractivity contribution in [3.63, 3.8) is 0 Å². The Kier molecular flexibility index (Phi) is 9.32. The van der Waals surface area contributed by atoms with Crippen molar-refractivity contribution >= 4 is 55.1 Å². The number of anilines is 1. The van der Waals surface area contributed by atoms with Crippen LogP contribution in [0.4, 0.5) is 5.69 Å². The number of ether oxygens (including phenoxy) is 3. The van der Waals surface area contributed by atoms with Crippen molar-refractivity contribution in [2.75, 3.05) is 26.1 Å². The molecule has 0 heterocycles. The summed E-state index contributed by atoms with van der Waals surface area (Å²) in [7, 11) is 3.05. The van der Waals surface area contributed by atoms with E-state index in [1.807, 2.05) is 19.1 Å². The lowest BCUT2D eigenvalue weighted by molar-refractivity contribution is -0.123. The Morgan fingerprint density at radius 1 is 1.00 bits per heavy atom. The second-order valence-corrected chi connectivity index (χ2v) is 8.20. The fraction of sp³-hybridized carbons (Fsp3) is 0.286. The summed E-state index contributed by atoms with van der Waals surface area (Å²) in [5.74, 6) is 0.892. The molecule has 2 aromatic carbocycles. The van der Waals surface area contributed by atoms with E-state index in [0.29, 0.717) is 28.6 Å². The summed E-state index contributed by atoms with van der Waals surface area (Å²) in [5.41, 5.74) is 4.30. The molecule has 0 fully saturated rings. The van der Waals surface area contributed by atoms with Crippen molar-refractivity contribution in [1.29, 1.82) is 0 Å². The molecule has 2 N–H and O–H groups in total. The molecule has 31 heavy (non-hydrogen) atoms. The number of hydrazone groups is 1. The summed E-state index contributed by atoms with van der Waals surface area (Å²) in [6.07, 6.45) is -0.00617. The first-order valence-corrected chi connectivity index (χ1v) is 10.7. The van der Waals surface area contributed by atoms with Crippen LogP contribution in [0.1, 0.15) is 18.9 Å². The molecule has 8 nitrogen and oxygen atoms in total. The van der Waals surface area contributed by atoms with Gasteiger partial charge in [0.2, 0.25) is 5.91 Å². The average molecular weight is 557 g/mol. The molecule has 0 unspecified atom stereocenters. The molecule has 0 saturated heterocycles. The van der Waals surface area contributed by atoms with E-state index in [1.165, 1.54) is 7.11 Å². The van der Waals surface area contributed by atoms with Crippen molar-refractivity contribution in [1.82, 2.24) is 5.43 Å². The minimum absolute atomic E-state index is 0.00617. The van der Waals surface area contributed by atoms with Crippen LogP contribution in [-0.4, -0.2) is 38.4 Å². The maximum atomic E-state index is 12.3. The number of nitrogens with one attached hydrogen (secondary N) is 2. The lowest BCUT2D eigenvalue weighted by Gasteiger charge is -2.11. The molecule has 0 radical (unpaired) electrons. The smallest absolute Gasteiger partial charge is 0.277 e. The molecule has 0 aliphatic rings. The van der Waals surface area contributed by atoms with Gasteiger partial charge in [0.1, 0.15) is 17.2 Å². The number of benzene rings is 2. The van der Waals surface area contributed by atoms with Gasteiger partial charge in [0.25, 0.3) is 5.91 Å². The van der Waals surface area contributed by atoms with Crippen LogP contribution < -0.4 is 25.0 Å².